The molecule has 4 N–H and O–H groups in total. The van der Waals surface area contributed by atoms with Crippen molar-refractivity contribution in [3.63, 3.8) is 0 Å². The Hall–Kier alpha value is -2.80. The zero-order chi connectivity index (χ0) is 33.5. The minimum Gasteiger partial charge on any atom is -0.504 e. The van der Waals surface area contributed by atoms with Crippen molar-refractivity contribution in [1.29, 1.82) is 0 Å². The van der Waals surface area contributed by atoms with Crippen molar-refractivity contribution in [2.75, 3.05) is 6.61 Å². The van der Waals surface area contributed by atoms with Gasteiger partial charge in [0.15, 0.2) is 11.5 Å². The average Bonchev–Trinajstić information content (AvgIpc) is 2.98. The van der Waals surface area contributed by atoms with Crippen molar-refractivity contribution < 1.29 is 34.8 Å². The lowest BCUT2D eigenvalue weighted by molar-refractivity contribution is -0.217. The molecule has 0 radical (unpaired) electrons. The molecule has 0 heterocycles. The molecule has 4 saturated carbocycles. The number of carboxylic acids is 1. The molecule has 5 aliphatic rings. The second-order valence-corrected chi connectivity index (χ2v) is 17.5. The summed E-state index contributed by atoms with van der Waals surface area (Å²) in [5, 5.41) is 41.4. The topological polar surface area (TPSA) is 124 Å². The van der Waals surface area contributed by atoms with Crippen molar-refractivity contribution in [2.45, 2.75) is 112 Å². The first-order valence-electron chi connectivity index (χ1n) is 17.4. The maximum Gasteiger partial charge on any atom is 0.330 e. The lowest BCUT2D eigenvalue weighted by atomic mass is 9.33. The standard InChI is InChI=1S/C39H54O7/c1-34(2)17-18-38(33(44)45)19-20-39(23-46-32(43)12-8-24-7-10-27(40)28(41)21-24)25(26(38)22-34)9-11-30-36(5)15-14-31(42)35(3,4)29(36)13-16-37(30,39)6/h7-10,12,21,26,29-31,40-42H,11,13-20,22-23H2,1-6H3,(H,44,45)/t26?,29?,30?,31?,36-,37+,38-,39-/m0/s1. The third-order valence-electron chi connectivity index (χ3n) is 14.6. The fourth-order valence-corrected chi connectivity index (χ4v) is 11.8. The lowest BCUT2D eigenvalue weighted by Gasteiger charge is -2.71. The number of carbonyl (C=O) groups is 2. The van der Waals surface area contributed by atoms with E-state index in [1.165, 1.54) is 23.8 Å². The Morgan fingerprint density at radius 3 is 2.33 bits per heavy atom. The predicted molar refractivity (Wildman–Crippen MR) is 177 cm³/mol. The summed E-state index contributed by atoms with van der Waals surface area (Å²) in [7, 11) is 0. The number of carboxylic acid groups (broad SMARTS) is 1. The van der Waals surface area contributed by atoms with Gasteiger partial charge in [0, 0.05) is 11.5 Å². The largest absolute Gasteiger partial charge is 0.504 e. The molecule has 252 valence electrons. The van der Waals surface area contributed by atoms with Crippen molar-refractivity contribution in [2.24, 2.45) is 50.2 Å². The van der Waals surface area contributed by atoms with Crippen LogP contribution >= 0.6 is 0 Å². The van der Waals surface area contributed by atoms with Crippen molar-refractivity contribution in [3.8, 4) is 11.5 Å². The van der Waals surface area contributed by atoms with E-state index in [-0.39, 0.29) is 51.8 Å². The molecule has 0 aliphatic heterocycles. The Morgan fingerprint density at radius 2 is 1.63 bits per heavy atom. The summed E-state index contributed by atoms with van der Waals surface area (Å²) in [6.07, 6.45) is 13.2. The van der Waals surface area contributed by atoms with E-state index in [2.05, 4.69) is 47.6 Å². The Bertz CT molecular complexity index is 1470. The highest BCUT2D eigenvalue weighted by molar-refractivity contribution is 5.87. The van der Waals surface area contributed by atoms with Gasteiger partial charge in [-0.15, -0.1) is 0 Å². The van der Waals surface area contributed by atoms with Crippen LogP contribution in [0.25, 0.3) is 6.08 Å². The number of phenols is 2. The molecule has 0 spiro atoms. The number of aliphatic hydroxyl groups is 1. The first-order valence-corrected chi connectivity index (χ1v) is 17.4. The average molecular weight is 635 g/mol. The van der Waals surface area contributed by atoms with Crippen LogP contribution in [0.1, 0.15) is 111 Å². The molecule has 7 nitrogen and oxygen atoms in total. The summed E-state index contributed by atoms with van der Waals surface area (Å²) >= 11 is 0. The molecule has 4 fully saturated rings. The van der Waals surface area contributed by atoms with E-state index in [0.717, 1.165) is 44.9 Å². The number of aromatic hydroxyl groups is 2. The highest BCUT2D eigenvalue weighted by Gasteiger charge is 2.70. The zero-order valence-electron chi connectivity index (χ0n) is 28.6. The molecule has 6 rings (SSSR count). The Labute approximate surface area is 274 Å². The van der Waals surface area contributed by atoms with Gasteiger partial charge in [-0.3, -0.25) is 4.79 Å². The minimum absolute atomic E-state index is 0.00269. The Balaban J connectivity index is 1.40. The van der Waals surface area contributed by atoms with Gasteiger partial charge in [0.05, 0.1) is 11.5 Å². The number of carbonyl (C=O) groups excluding carboxylic acids is 1. The van der Waals surface area contributed by atoms with Crippen LogP contribution in [0.15, 0.2) is 35.9 Å². The molecule has 0 amide bonds. The molecular weight excluding hydrogens is 580 g/mol. The monoisotopic (exact) mass is 634 g/mol. The quantitative estimate of drug-likeness (QED) is 0.112. The summed E-state index contributed by atoms with van der Waals surface area (Å²) in [6, 6.07) is 4.39. The molecule has 5 aliphatic carbocycles. The molecular formula is C39H54O7. The van der Waals surface area contributed by atoms with Crippen molar-refractivity contribution >= 4 is 18.0 Å². The molecule has 7 heteroatoms. The van der Waals surface area contributed by atoms with Crippen LogP contribution in [0.5, 0.6) is 11.5 Å². The van der Waals surface area contributed by atoms with Crippen LogP contribution in [0.3, 0.4) is 0 Å². The third-order valence-corrected chi connectivity index (χ3v) is 14.6. The molecule has 0 aromatic heterocycles. The van der Waals surface area contributed by atoms with Gasteiger partial charge in [-0.25, -0.2) is 4.79 Å². The number of aliphatic hydroxyl groups excluding tert-OH is 1. The second-order valence-electron chi connectivity index (χ2n) is 17.5. The third kappa shape index (κ3) is 4.77. The van der Waals surface area contributed by atoms with E-state index in [9.17, 15) is 30.0 Å². The zero-order valence-corrected chi connectivity index (χ0v) is 28.6. The van der Waals surface area contributed by atoms with Gasteiger partial charge in [-0.2, -0.15) is 0 Å². The number of aliphatic carboxylic acids is 1. The Morgan fingerprint density at radius 1 is 0.913 bits per heavy atom. The lowest BCUT2D eigenvalue weighted by Crippen LogP contribution is -2.66. The maximum absolute atomic E-state index is 13.4. The van der Waals surface area contributed by atoms with E-state index >= 15 is 0 Å². The van der Waals surface area contributed by atoms with Gasteiger partial charge in [0.2, 0.25) is 0 Å². The number of fused-ring (bicyclic) bond motifs is 7. The minimum atomic E-state index is -0.795. The number of esters is 1. The molecule has 0 bridgehead atoms. The molecule has 46 heavy (non-hydrogen) atoms. The number of hydrogen-bond donors (Lipinski definition) is 4. The summed E-state index contributed by atoms with van der Waals surface area (Å²) in [4.78, 5) is 26.5. The van der Waals surface area contributed by atoms with E-state index in [4.69, 9.17) is 4.74 Å². The van der Waals surface area contributed by atoms with Gasteiger partial charge >= 0.3 is 11.9 Å². The van der Waals surface area contributed by atoms with E-state index in [0.29, 0.717) is 36.7 Å². The fourth-order valence-electron chi connectivity index (χ4n) is 11.8. The number of benzene rings is 1. The smallest absolute Gasteiger partial charge is 0.330 e. The summed E-state index contributed by atoms with van der Waals surface area (Å²) in [5.41, 5.74) is 0.125. The number of hydrogen-bond acceptors (Lipinski definition) is 6. The first-order chi connectivity index (χ1) is 21.4. The van der Waals surface area contributed by atoms with Crippen LogP contribution in [0.2, 0.25) is 0 Å². The van der Waals surface area contributed by atoms with Crippen LogP contribution in [-0.4, -0.2) is 45.1 Å². The second kappa shape index (κ2) is 10.9. The molecule has 4 unspecified atom stereocenters. The van der Waals surface area contributed by atoms with Gasteiger partial charge in [-0.1, -0.05) is 59.3 Å². The Kier molecular flexibility index (Phi) is 7.82. The van der Waals surface area contributed by atoms with Gasteiger partial charge in [0.1, 0.15) is 6.61 Å². The first kappa shape index (κ1) is 33.1. The van der Waals surface area contributed by atoms with Crippen LogP contribution in [-0.2, 0) is 14.3 Å². The van der Waals surface area contributed by atoms with Crippen molar-refractivity contribution in [1.82, 2.24) is 0 Å². The van der Waals surface area contributed by atoms with Crippen LogP contribution in [0, 0.1) is 50.2 Å². The van der Waals surface area contributed by atoms with Crippen LogP contribution in [0.4, 0.5) is 0 Å². The summed E-state index contributed by atoms with van der Waals surface area (Å²) < 4.78 is 6.22. The predicted octanol–water partition coefficient (Wildman–Crippen LogP) is 7.88. The number of ether oxygens (including phenoxy) is 1. The number of rotatable bonds is 5. The van der Waals surface area contributed by atoms with E-state index < -0.39 is 22.8 Å². The molecule has 1 aromatic carbocycles. The van der Waals surface area contributed by atoms with Crippen molar-refractivity contribution in [3.05, 3.63) is 41.5 Å². The molecule has 1 aromatic rings. The highest BCUT2D eigenvalue weighted by atomic mass is 16.5. The fraction of sp³-hybridized carbons (Fsp3) is 0.692. The summed E-state index contributed by atoms with van der Waals surface area (Å²) in [6.45, 7) is 14.0. The van der Waals surface area contributed by atoms with Gasteiger partial charge in [-0.05, 0) is 127 Å². The van der Waals surface area contributed by atoms with Gasteiger partial charge in [0.25, 0.3) is 0 Å². The number of phenolic OH excluding ortho intramolecular Hbond substituents is 2. The number of allylic oxidation sites excluding steroid dienone is 1. The normalized spacial score (nSPS) is 40.9. The highest BCUT2D eigenvalue weighted by Crippen LogP contribution is 2.76. The molecule has 8 atom stereocenters. The summed E-state index contributed by atoms with van der Waals surface area (Å²) in [5.74, 6) is -1.07. The SMILES string of the molecule is CC1(C)CC[C@]2(C(=O)O)CC[C@]3(COC(=O)C=Cc4ccc(O)c(O)c4)C(=CCC4[C@@]5(C)CCC(O)C(C)(C)C5CC[C@]43C)C2C1. The van der Waals surface area contributed by atoms with E-state index in [1.807, 2.05) is 0 Å². The maximum atomic E-state index is 13.4. The van der Waals surface area contributed by atoms with Crippen LogP contribution < -0.4 is 0 Å². The van der Waals surface area contributed by atoms with Gasteiger partial charge < -0.3 is 25.2 Å². The molecule has 0 saturated heterocycles. The van der Waals surface area contributed by atoms with E-state index in [1.54, 1.807) is 12.1 Å².